The fourth-order valence-corrected chi connectivity index (χ4v) is 3.07. The van der Waals surface area contributed by atoms with E-state index in [0.29, 0.717) is 19.1 Å². The first kappa shape index (κ1) is 11.9. The molecule has 84 valence electrons. The summed E-state index contributed by atoms with van der Waals surface area (Å²) < 4.78 is 25.3. The van der Waals surface area contributed by atoms with Gasteiger partial charge in [0, 0.05) is 19.1 Å². The van der Waals surface area contributed by atoms with Gasteiger partial charge in [-0.15, -0.1) is 0 Å². The Balaban J connectivity index is 2.69. The second-order valence-electron chi connectivity index (χ2n) is 4.08. The Labute approximate surface area is 86.7 Å². The van der Waals surface area contributed by atoms with Gasteiger partial charge in [-0.25, -0.2) is 12.7 Å². The standard InChI is InChI=1S/C9H20N2O2S/c1-8(2)14(12,13)11-6-4-5-9(7-11)10-3/h8-10H,4-7H2,1-3H3/t9-/m1/s1. The lowest BCUT2D eigenvalue weighted by Gasteiger charge is -2.32. The van der Waals surface area contributed by atoms with Crippen LogP contribution in [0.2, 0.25) is 0 Å². The molecule has 0 bridgehead atoms. The van der Waals surface area contributed by atoms with Crippen molar-refractivity contribution in [2.45, 2.75) is 38.0 Å². The number of piperidine rings is 1. The molecule has 1 aliphatic heterocycles. The molecule has 5 heteroatoms. The Hall–Kier alpha value is -0.130. The summed E-state index contributed by atoms with van der Waals surface area (Å²) >= 11 is 0. The van der Waals surface area contributed by atoms with Crippen molar-refractivity contribution in [1.82, 2.24) is 9.62 Å². The minimum atomic E-state index is -3.05. The van der Waals surface area contributed by atoms with Crippen LogP contribution in [0.3, 0.4) is 0 Å². The molecule has 1 atom stereocenters. The Kier molecular flexibility index (Phi) is 3.92. The van der Waals surface area contributed by atoms with E-state index in [-0.39, 0.29) is 5.25 Å². The average Bonchev–Trinajstić information content (AvgIpc) is 2.17. The topological polar surface area (TPSA) is 49.4 Å². The molecule has 1 N–H and O–H groups in total. The van der Waals surface area contributed by atoms with Gasteiger partial charge in [-0.3, -0.25) is 0 Å². The Bertz CT molecular complexity index is 275. The van der Waals surface area contributed by atoms with Gasteiger partial charge in [0.15, 0.2) is 0 Å². The number of likely N-dealkylation sites (N-methyl/N-ethyl adjacent to an activating group) is 1. The second-order valence-corrected chi connectivity index (χ2v) is 6.57. The lowest BCUT2D eigenvalue weighted by molar-refractivity contribution is 0.291. The third-order valence-corrected chi connectivity index (χ3v) is 4.99. The van der Waals surface area contributed by atoms with Crippen LogP contribution in [-0.4, -0.2) is 44.2 Å². The van der Waals surface area contributed by atoms with Crippen molar-refractivity contribution in [3.8, 4) is 0 Å². The second kappa shape index (κ2) is 4.59. The summed E-state index contributed by atoms with van der Waals surface area (Å²) in [5.41, 5.74) is 0. The van der Waals surface area contributed by atoms with Crippen LogP contribution >= 0.6 is 0 Å². The largest absolute Gasteiger partial charge is 0.316 e. The lowest BCUT2D eigenvalue weighted by Crippen LogP contribution is -2.48. The molecule has 1 rings (SSSR count). The summed E-state index contributed by atoms with van der Waals surface area (Å²) in [6.45, 7) is 4.77. The number of rotatable bonds is 3. The highest BCUT2D eigenvalue weighted by Crippen LogP contribution is 2.16. The van der Waals surface area contributed by atoms with Gasteiger partial charge < -0.3 is 5.32 Å². The molecular formula is C9H20N2O2S. The van der Waals surface area contributed by atoms with Gasteiger partial charge in [0.2, 0.25) is 10.0 Å². The fraction of sp³-hybridized carbons (Fsp3) is 1.00. The van der Waals surface area contributed by atoms with Crippen molar-refractivity contribution in [1.29, 1.82) is 0 Å². The van der Waals surface area contributed by atoms with Crippen LogP contribution < -0.4 is 5.32 Å². The SMILES string of the molecule is CN[C@@H]1CCCN(S(=O)(=O)C(C)C)C1. The Morgan fingerprint density at radius 2 is 2.07 bits per heavy atom. The minimum absolute atomic E-state index is 0.307. The first-order chi connectivity index (χ1) is 6.48. The van der Waals surface area contributed by atoms with E-state index >= 15 is 0 Å². The molecule has 0 unspecified atom stereocenters. The van der Waals surface area contributed by atoms with E-state index in [9.17, 15) is 8.42 Å². The molecule has 0 amide bonds. The third-order valence-electron chi connectivity index (χ3n) is 2.75. The molecule has 0 aliphatic carbocycles. The molecule has 0 spiro atoms. The van der Waals surface area contributed by atoms with Crippen LogP contribution in [-0.2, 0) is 10.0 Å². The summed E-state index contributed by atoms with van der Waals surface area (Å²) in [5, 5.41) is 2.83. The molecule has 0 radical (unpaired) electrons. The first-order valence-electron chi connectivity index (χ1n) is 5.14. The molecule has 1 saturated heterocycles. The van der Waals surface area contributed by atoms with Gasteiger partial charge >= 0.3 is 0 Å². The molecule has 1 heterocycles. The lowest BCUT2D eigenvalue weighted by atomic mass is 10.1. The van der Waals surface area contributed by atoms with Crippen LogP contribution in [0.4, 0.5) is 0 Å². The van der Waals surface area contributed by atoms with Crippen molar-refractivity contribution >= 4 is 10.0 Å². The monoisotopic (exact) mass is 220 g/mol. The van der Waals surface area contributed by atoms with Gasteiger partial charge in [0.25, 0.3) is 0 Å². The van der Waals surface area contributed by atoms with Gasteiger partial charge in [-0.1, -0.05) is 0 Å². The molecule has 0 aromatic heterocycles. The Morgan fingerprint density at radius 1 is 1.43 bits per heavy atom. The highest BCUT2D eigenvalue weighted by Gasteiger charge is 2.30. The maximum Gasteiger partial charge on any atom is 0.216 e. The average molecular weight is 220 g/mol. The predicted molar refractivity (Wildman–Crippen MR) is 57.7 cm³/mol. The Morgan fingerprint density at radius 3 is 2.57 bits per heavy atom. The van der Waals surface area contributed by atoms with Crippen LogP contribution in [0.1, 0.15) is 26.7 Å². The predicted octanol–water partition coefficient (Wildman–Crippen LogP) is 0.408. The van der Waals surface area contributed by atoms with E-state index in [1.165, 1.54) is 0 Å². The van der Waals surface area contributed by atoms with E-state index in [2.05, 4.69) is 5.32 Å². The van der Waals surface area contributed by atoms with E-state index in [0.717, 1.165) is 12.8 Å². The number of nitrogens with one attached hydrogen (secondary N) is 1. The molecular weight excluding hydrogens is 200 g/mol. The maximum absolute atomic E-state index is 11.8. The maximum atomic E-state index is 11.8. The first-order valence-corrected chi connectivity index (χ1v) is 6.65. The normalized spacial score (nSPS) is 25.6. The molecule has 1 aliphatic rings. The van der Waals surface area contributed by atoms with Gasteiger partial charge in [0.1, 0.15) is 0 Å². The summed E-state index contributed by atoms with van der Waals surface area (Å²) in [6.07, 6.45) is 2.03. The van der Waals surface area contributed by atoms with Crippen molar-refractivity contribution in [3.05, 3.63) is 0 Å². The van der Waals surface area contributed by atoms with E-state index in [1.807, 2.05) is 7.05 Å². The number of hydrogen-bond donors (Lipinski definition) is 1. The van der Waals surface area contributed by atoms with Gasteiger partial charge in [-0.05, 0) is 33.7 Å². The van der Waals surface area contributed by atoms with Crippen LogP contribution in [0.25, 0.3) is 0 Å². The van der Waals surface area contributed by atoms with Crippen LogP contribution in [0, 0.1) is 0 Å². The van der Waals surface area contributed by atoms with Crippen molar-refractivity contribution in [2.75, 3.05) is 20.1 Å². The highest BCUT2D eigenvalue weighted by atomic mass is 32.2. The zero-order chi connectivity index (χ0) is 10.8. The zero-order valence-electron chi connectivity index (χ0n) is 9.16. The molecule has 0 saturated carbocycles. The quantitative estimate of drug-likeness (QED) is 0.749. The van der Waals surface area contributed by atoms with E-state index in [4.69, 9.17) is 0 Å². The number of nitrogens with zero attached hydrogens (tertiary/aromatic N) is 1. The van der Waals surface area contributed by atoms with E-state index in [1.54, 1.807) is 18.2 Å². The molecule has 4 nitrogen and oxygen atoms in total. The summed E-state index contributed by atoms with van der Waals surface area (Å²) in [7, 11) is -1.16. The minimum Gasteiger partial charge on any atom is -0.316 e. The fourth-order valence-electron chi connectivity index (χ4n) is 1.71. The van der Waals surface area contributed by atoms with Gasteiger partial charge in [0.05, 0.1) is 5.25 Å². The summed E-state index contributed by atoms with van der Waals surface area (Å²) in [4.78, 5) is 0. The molecule has 14 heavy (non-hydrogen) atoms. The number of hydrogen-bond acceptors (Lipinski definition) is 3. The van der Waals surface area contributed by atoms with Crippen LogP contribution in [0.5, 0.6) is 0 Å². The number of sulfonamides is 1. The molecule has 0 aromatic rings. The third kappa shape index (κ3) is 2.46. The smallest absolute Gasteiger partial charge is 0.216 e. The summed E-state index contributed by atoms with van der Waals surface area (Å²) in [5.74, 6) is 0. The molecule has 1 fully saturated rings. The van der Waals surface area contributed by atoms with Gasteiger partial charge in [-0.2, -0.15) is 0 Å². The van der Waals surface area contributed by atoms with Crippen molar-refractivity contribution in [3.63, 3.8) is 0 Å². The summed E-state index contributed by atoms with van der Waals surface area (Å²) in [6, 6.07) is 0.317. The van der Waals surface area contributed by atoms with Crippen molar-refractivity contribution in [2.24, 2.45) is 0 Å². The molecule has 0 aromatic carbocycles. The van der Waals surface area contributed by atoms with Crippen LogP contribution in [0.15, 0.2) is 0 Å². The van der Waals surface area contributed by atoms with E-state index < -0.39 is 10.0 Å². The highest BCUT2D eigenvalue weighted by molar-refractivity contribution is 7.89. The van der Waals surface area contributed by atoms with Crippen molar-refractivity contribution < 1.29 is 8.42 Å². The zero-order valence-corrected chi connectivity index (χ0v) is 9.97.